The van der Waals surface area contributed by atoms with E-state index in [0.29, 0.717) is 11.5 Å². The van der Waals surface area contributed by atoms with Crippen LogP contribution in [-0.2, 0) is 6.42 Å². The molecule has 1 unspecified atom stereocenters. The molecule has 0 amide bonds. The van der Waals surface area contributed by atoms with Crippen LogP contribution >= 0.6 is 0 Å². The topological polar surface area (TPSA) is 40.5 Å². The SMILES string of the molecule is CCC(C)CN1CCc2cc(C(=O)O)ccc21. The summed E-state index contributed by atoms with van der Waals surface area (Å²) >= 11 is 0. The summed E-state index contributed by atoms with van der Waals surface area (Å²) in [6.45, 7) is 6.54. The van der Waals surface area contributed by atoms with Gasteiger partial charge in [-0.3, -0.25) is 0 Å². The Hall–Kier alpha value is -1.51. The molecular weight excluding hydrogens is 214 g/mol. The predicted octanol–water partition coefficient (Wildman–Crippen LogP) is 2.79. The number of hydrogen-bond acceptors (Lipinski definition) is 2. The monoisotopic (exact) mass is 233 g/mol. The molecule has 0 bridgehead atoms. The lowest BCUT2D eigenvalue weighted by atomic mass is 10.1. The van der Waals surface area contributed by atoms with Gasteiger partial charge in [0.15, 0.2) is 0 Å². The van der Waals surface area contributed by atoms with Crippen LogP contribution in [0.3, 0.4) is 0 Å². The second kappa shape index (κ2) is 4.78. The van der Waals surface area contributed by atoms with Crippen LogP contribution in [0, 0.1) is 5.92 Å². The van der Waals surface area contributed by atoms with Crippen molar-refractivity contribution in [2.45, 2.75) is 26.7 Å². The fourth-order valence-corrected chi connectivity index (χ4v) is 2.30. The minimum atomic E-state index is -0.840. The first kappa shape index (κ1) is 12.0. The van der Waals surface area contributed by atoms with E-state index in [0.717, 1.165) is 19.5 Å². The highest BCUT2D eigenvalue weighted by atomic mass is 16.4. The lowest BCUT2D eigenvalue weighted by Crippen LogP contribution is -2.26. The van der Waals surface area contributed by atoms with E-state index in [1.54, 1.807) is 6.07 Å². The first-order valence-electron chi connectivity index (χ1n) is 6.23. The van der Waals surface area contributed by atoms with Crippen molar-refractivity contribution in [3.63, 3.8) is 0 Å². The molecule has 17 heavy (non-hydrogen) atoms. The molecular formula is C14H19NO2. The molecule has 0 spiro atoms. The molecule has 0 aliphatic carbocycles. The number of carbonyl (C=O) groups is 1. The number of carboxylic acid groups (broad SMARTS) is 1. The summed E-state index contributed by atoms with van der Waals surface area (Å²) in [7, 11) is 0. The molecule has 1 aliphatic heterocycles. The molecule has 1 heterocycles. The average Bonchev–Trinajstić information content (AvgIpc) is 2.71. The summed E-state index contributed by atoms with van der Waals surface area (Å²) in [6, 6.07) is 5.47. The van der Waals surface area contributed by atoms with E-state index in [9.17, 15) is 4.79 Å². The van der Waals surface area contributed by atoms with Gasteiger partial charge in [0.2, 0.25) is 0 Å². The van der Waals surface area contributed by atoms with Crippen molar-refractivity contribution in [1.82, 2.24) is 0 Å². The van der Waals surface area contributed by atoms with Gasteiger partial charge in [-0.1, -0.05) is 20.3 Å². The number of anilines is 1. The molecule has 0 radical (unpaired) electrons. The van der Waals surface area contributed by atoms with Crippen molar-refractivity contribution in [3.8, 4) is 0 Å². The van der Waals surface area contributed by atoms with Gasteiger partial charge in [-0.2, -0.15) is 0 Å². The summed E-state index contributed by atoms with van der Waals surface area (Å²) in [6.07, 6.45) is 2.14. The van der Waals surface area contributed by atoms with Crippen molar-refractivity contribution in [3.05, 3.63) is 29.3 Å². The Morgan fingerprint density at radius 1 is 1.53 bits per heavy atom. The van der Waals surface area contributed by atoms with E-state index >= 15 is 0 Å². The van der Waals surface area contributed by atoms with E-state index in [2.05, 4.69) is 18.7 Å². The number of fused-ring (bicyclic) bond motifs is 1. The molecule has 2 rings (SSSR count). The highest BCUT2D eigenvalue weighted by Gasteiger charge is 2.21. The van der Waals surface area contributed by atoms with Crippen molar-refractivity contribution in [1.29, 1.82) is 0 Å². The third-order valence-electron chi connectivity index (χ3n) is 3.55. The fraction of sp³-hybridized carbons (Fsp3) is 0.500. The van der Waals surface area contributed by atoms with Crippen LogP contribution in [0.4, 0.5) is 5.69 Å². The van der Waals surface area contributed by atoms with Crippen molar-refractivity contribution < 1.29 is 9.90 Å². The Bertz CT molecular complexity index is 428. The average molecular weight is 233 g/mol. The molecule has 0 fully saturated rings. The van der Waals surface area contributed by atoms with Crippen LogP contribution in [0.1, 0.15) is 36.2 Å². The zero-order valence-corrected chi connectivity index (χ0v) is 10.4. The van der Waals surface area contributed by atoms with Gasteiger partial charge in [-0.15, -0.1) is 0 Å². The summed E-state index contributed by atoms with van der Waals surface area (Å²) in [5.74, 6) is -0.159. The molecule has 3 heteroatoms. The van der Waals surface area contributed by atoms with E-state index in [1.807, 2.05) is 12.1 Å². The van der Waals surface area contributed by atoms with Crippen LogP contribution in [0.15, 0.2) is 18.2 Å². The zero-order chi connectivity index (χ0) is 12.4. The number of hydrogen-bond donors (Lipinski definition) is 1. The quantitative estimate of drug-likeness (QED) is 0.869. The minimum absolute atomic E-state index is 0.397. The third kappa shape index (κ3) is 2.43. The van der Waals surface area contributed by atoms with Gasteiger partial charge in [0.25, 0.3) is 0 Å². The Kier molecular flexibility index (Phi) is 3.36. The normalized spacial score (nSPS) is 15.8. The maximum atomic E-state index is 10.9. The molecule has 92 valence electrons. The lowest BCUT2D eigenvalue weighted by Gasteiger charge is -2.23. The van der Waals surface area contributed by atoms with Gasteiger partial charge in [0, 0.05) is 18.8 Å². The van der Waals surface area contributed by atoms with E-state index < -0.39 is 5.97 Å². The zero-order valence-electron chi connectivity index (χ0n) is 10.4. The smallest absolute Gasteiger partial charge is 0.335 e. The molecule has 0 aromatic heterocycles. The first-order chi connectivity index (χ1) is 8.11. The molecule has 1 aromatic carbocycles. The number of benzene rings is 1. The van der Waals surface area contributed by atoms with Crippen LogP contribution in [0.2, 0.25) is 0 Å². The van der Waals surface area contributed by atoms with Gasteiger partial charge in [-0.05, 0) is 36.1 Å². The molecule has 0 saturated carbocycles. The Balaban J connectivity index is 2.19. The van der Waals surface area contributed by atoms with Crippen LogP contribution in [-0.4, -0.2) is 24.2 Å². The van der Waals surface area contributed by atoms with Gasteiger partial charge < -0.3 is 10.0 Å². The number of carboxylic acids is 1. The molecule has 0 saturated heterocycles. The summed E-state index contributed by atoms with van der Waals surface area (Å²) in [5, 5.41) is 8.95. The Labute approximate surface area is 102 Å². The maximum absolute atomic E-state index is 10.9. The van der Waals surface area contributed by atoms with Crippen molar-refractivity contribution in [2.75, 3.05) is 18.0 Å². The van der Waals surface area contributed by atoms with Gasteiger partial charge in [0.1, 0.15) is 0 Å². The number of aromatic carboxylic acids is 1. The van der Waals surface area contributed by atoms with Gasteiger partial charge >= 0.3 is 5.97 Å². The molecule has 3 nitrogen and oxygen atoms in total. The van der Waals surface area contributed by atoms with Gasteiger partial charge in [-0.25, -0.2) is 4.79 Å². The minimum Gasteiger partial charge on any atom is -0.478 e. The lowest BCUT2D eigenvalue weighted by molar-refractivity contribution is 0.0697. The number of rotatable bonds is 4. The molecule has 1 N–H and O–H groups in total. The van der Waals surface area contributed by atoms with E-state index in [1.165, 1.54) is 17.7 Å². The fourth-order valence-electron chi connectivity index (χ4n) is 2.30. The third-order valence-corrected chi connectivity index (χ3v) is 3.55. The van der Waals surface area contributed by atoms with Crippen LogP contribution in [0.25, 0.3) is 0 Å². The van der Waals surface area contributed by atoms with Gasteiger partial charge in [0.05, 0.1) is 5.56 Å². The highest BCUT2D eigenvalue weighted by Crippen LogP contribution is 2.29. The van der Waals surface area contributed by atoms with E-state index in [-0.39, 0.29) is 0 Å². The first-order valence-corrected chi connectivity index (χ1v) is 6.23. The standard InChI is InChI=1S/C14H19NO2/c1-3-10(2)9-15-7-6-11-8-12(14(16)17)4-5-13(11)15/h4-5,8,10H,3,6-7,9H2,1-2H3,(H,16,17). The second-order valence-electron chi connectivity index (χ2n) is 4.86. The molecule has 1 aliphatic rings. The molecule has 1 aromatic rings. The van der Waals surface area contributed by atoms with Crippen LogP contribution in [0.5, 0.6) is 0 Å². The second-order valence-corrected chi connectivity index (χ2v) is 4.86. The maximum Gasteiger partial charge on any atom is 0.335 e. The number of nitrogens with zero attached hydrogens (tertiary/aromatic N) is 1. The largest absolute Gasteiger partial charge is 0.478 e. The predicted molar refractivity (Wildman–Crippen MR) is 68.8 cm³/mol. The Morgan fingerprint density at radius 2 is 2.29 bits per heavy atom. The summed E-state index contributed by atoms with van der Waals surface area (Å²) < 4.78 is 0. The van der Waals surface area contributed by atoms with Crippen LogP contribution < -0.4 is 4.90 Å². The van der Waals surface area contributed by atoms with Crippen molar-refractivity contribution >= 4 is 11.7 Å². The summed E-state index contributed by atoms with van der Waals surface area (Å²) in [4.78, 5) is 13.3. The molecule has 1 atom stereocenters. The summed E-state index contributed by atoms with van der Waals surface area (Å²) in [5.41, 5.74) is 2.79. The van der Waals surface area contributed by atoms with E-state index in [4.69, 9.17) is 5.11 Å². The Morgan fingerprint density at radius 3 is 2.94 bits per heavy atom. The van der Waals surface area contributed by atoms with Crippen molar-refractivity contribution in [2.24, 2.45) is 5.92 Å². The highest BCUT2D eigenvalue weighted by molar-refractivity contribution is 5.88.